The molecule has 2 N–H and O–H groups in total. The van der Waals surface area contributed by atoms with Gasteiger partial charge in [0, 0.05) is 17.1 Å². The summed E-state index contributed by atoms with van der Waals surface area (Å²) < 4.78 is 15.9. The summed E-state index contributed by atoms with van der Waals surface area (Å²) in [5.41, 5.74) is 1.07. The monoisotopic (exact) mass is 423 g/mol. The maximum Gasteiger partial charge on any atom is 0.325 e. The van der Waals surface area contributed by atoms with Gasteiger partial charge in [0.05, 0.1) is 24.5 Å². The summed E-state index contributed by atoms with van der Waals surface area (Å²) in [6.45, 7) is 2.19. The van der Waals surface area contributed by atoms with Crippen LogP contribution in [0.2, 0.25) is 0 Å². The van der Waals surface area contributed by atoms with Gasteiger partial charge in [0.2, 0.25) is 12.7 Å². The molecule has 3 rings (SSSR count). The van der Waals surface area contributed by atoms with Crippen LogP contribution in [-0.4, -0.2) is 42.0 Å². The minimum absolute atomic E-state index is 0.0148. The number of ether oxygens (including phenoxy) is 3. The molecule has 2 aromatic rings. The van der Waals surface area contributed by atoms with E-state index in [-0.39, 0.29) is 24.9 Å². The Morgan fingerprint density at radius 2 is 2.11 bits per heavy atom. The molecule has 0 radical (unpaired) electrons. The van der Waals surface area contributed by atoms with Gasteiger partial charge < -0.3 is 19.5 Å². The zero-order valence-electron chi connectivity index (χ0n) is 14.9. The highest BCUT2D eigenvalue weighted by Gasteiger charge is 2.15. The molecule has 1 aromatic heterocycles. The lowest BCUT2D eigenvalue weighted by Crippen LogP contribution is -2.35. The third-order valence-electron chi connectivity index (χ3n) is 3.37. The Kier molecular flexibility index (Phi) is 6.71. The van der Waals surface area contributed by atoms with E-state index in [4.69, 9.17) is 14.2 Å². The molecule has 0 fully saturated rings. The number of imide groups is 1. The van der Waals surface area contributed by atoms with E-state index in [1.54, 1.807) is 30.5 Å². The molecule has 28 heavy (non-hydrogen) atoms. The third kappa shape index (κ3) is 5.60. The summed E-state index contributed by atoms with van der Waals surface area (Å²) >= 11 is 2.50. The molecule has 0 aliphatic carbocycles. The molecule has 3 amide bonds. The maximum atomic E-state index is 11.9. The van der Waals surface area contributed by atoms with Crippen molar-refractivity contribution in [1.29, 1.82) is 0 Å². The van der Waals surface area contributed by atoms with Crippen LogP contribution in [0.25, 0.3) is 0 Å². The van der Waals surface area contributed by atoms with Crippen molar-refractivity contribution < 1.29 is 28.6 Å². The average molecular weight is 423 g/mol. The fourth-order valence-electron chi connectivity index (χ4n) is 2.22. The van der Waals surface area contributed by atoms with Gasteiger partial charge in [-0.05, 0) is 19.1 Å². The van der Waals surface area contributed by atoms with Crippen molar-refractivity contribution >= 4 is 46.7 Å². The van der Waals surface area contributed by atoms with E-state index in [9.17, 15) is 14.4 Å². The Labute approximate surface area is 168 Å². The molecule has 1 aliphatic heterocycles. The number of thioether (sulfide) groups is 1. The lowest BCUT2D eigenvalue weighted by atomic mass is 10.3. The molecule has 1 aliphatic rings. The van der Waals surface area contributed by atoms with Crippen molar-refractivity contribution in [2.75, 3.05) is 24.5 Å². The first-order chi connectivity index (χ1) is 13.5. The zero-order chi connectivity index (χ0) is 19.9. The first kappa shape index (κ1) is 20.0. The minimum Gasteiger partial charge on any atom is -0.466 e. The molecular weight excluding hydrogens is 406 g/mol. The Bertz CT molecular complexity index is 886. The van der Waals surface area contributed by atoms with E-state index in [1.807, 2.05) is 0 Å². The Hall–Kier alpha value is -2.79. The van der Waals surface area contributed by atoms with Crippen LogP contribution < -0.4 is 20.1 Å². The van der Waals surface area contributed by atoms with Crippen LogP contribution in [0.15, 0.2) is 27.9 Å². The van der Waals surface area contributed by atoms with Gasteiger partial charge in [0.1, 0.15) is 0 Å². The number of hydrogen-bond acceptors (Lipinski definition) is 9. The van der Waals surface area contributed by atoms with Gasteiger partial charge in [-0.1, -0.05) is 11.8 Å². The molecule has 0 bridgehead atoms. The molecule has 0 spiro atoms. The molecular formula is C17H17N3O6S2. The number of benzene rings is 1. The molecule has 0 saturated heterocycles. The Morgan fingerprint density at radius 1 is 1.29 bits per heavy atom. The molecule has 148 valence electrons. The van der Waals surface area contributed by atoms with E-state index in [0.29, 0.717) is 33.8 Å². The largest absolute Gasteiger partial charge is 0.466 e. The van der Waals surface area contributed by atoms with Crippen molar-refractivity contribution in [3.05, 3.63) is 29.3 Å². The number of carbonyl (C=O) groups is 3. The molecule has 0 saturated carbocycles. The van der Waals surface area contributed by atoms with Crippen LogP contribution >= 0.6 is 23.1 Å². The van der Waals surface area contributed by atoms with Crippen molar-refractivity contribution in [3.63, 3.8) is 0 Å². The van der Waals surface area contributed by atoms with Gasteiger partial charge in [-0.25, -0.2) is 9.78 Å². The van der Waals surface area contributed by atoms with E-state index < -0.39 is 11.9 Å². The number of nitrogens with zero attached hydrogens (tertiary/aromatic N) is 1. The van der Waals surface area contributed by atoms with Crippen molar-refractivity contribution in [1.82, 2.24) is 10.3 Å². The number of urea groups is 1. The van der Waals surface area contributed by atoms with Gasteiger partial charge in [0.15, 0.2) is 15.8 Å². The summed E-state index contributed by atoms with van der Waals surface area (Å²) in [6.07, 6.45) is 0.0923. The minimum atomic E-state index is -0.647. The highest BCUT2D eigenvalue weighted by molar-refractivity contribution is 8.01. The van der Waals surface area contributed by atoms with Crippen LogP contribution in [-0.2, 0) is 20.7 Å². The van der Waals surface area contributed by atoms with Crippen LogP contribution in [0.1, 0.15) is 12.6 Å². The summed E-state index contributed by atoms with van der Waals surface area (Å²) in [7, 11) is 0. The second-order valence-electron chi connectivity index (χ2n) is 5.45. The lowest BCUT2D eigenvalue weighted by molar-refractivity contribution is -0.142. The molecule has 0 atom stereocenters. The highest BCUT2D eigenvalue weighted by atomic mass is 32.2. The fraction of sp³-hybridized carbons (Fsp3) is 0.294. The molecule has 1 aromatic carbocycles. The van der Waals surface area contributed by atoms with Crippen LogP contribution in [0, 0.1) is 0 Å². The summed E-state index contributed by atoms with van der Waals surface area (Å²) in [4.78, 5) is 39.6. The molecule has 2 heterocycles. The smallest absolute Gasteiger partial charge is 0.325 e. The van der Waals surface area contributed by atoms with Crippen LogP contribution in [0.5, 0.6) is 11.5 Å². The SMILES string of the molecule is CCOC(=O)Cc1csc(SCC(=O)NC(=O)Nc2ccc3c(c2)OCO3)n1. The predicted octanol–water partition coefficient (Wildman–Crippen LogP) is 2.42. The van der Waals surface area contributed by atoms with Crippen LogP contribution in [0.3, 0.4) is 0 Å². The zero-order valence-corrected chi connectivity index (χ0v) is 16.5. The van der Waals surface area contributed by atoms with Gasteiger partial charge in [-0.15, -0.1) is 11.3 Å². The molecule has 11 heteroatoms. The Morgan fingerprint density at radius 3 is 2.93 bits per heavy atom. The average Bonchev–Trinajstić information content (AvgIpc) is 3.28. The number of hydrogen-bond donors (Lipinski definition) is 2. The number of carbonyl (C=O) groups excluding carboxylic acids is 3. The number of amides is 3. The van der Waals surface area contributed by atoms with Crippen molar-refractivity contribution in [2.24, 2.45) is 0 Å². The second-order valence-corrected chi connectivity index (χ2v) is 7.53. The van der Waals surface area contributed by atoms with E-state index >= 15 is 0 Å². The third-order valence-corrected chi connectivity index (χ3v) is 5.44. The van der Waals surface area contributed by atoms with Crippen molar-refractivity contribution in [2.45, 2.75) is 17.7 Å². The van der Waals surface area contributed by atoms with Gasteiger partial charge in [-0.3, -0.25) is 14.9 Å². The summed E-state index contributed by atoms with van der Waals surface area (Å²) in [5, 5.41) is 6.54. The number of aromatic nitrogens is 1. The van der Waals surface area contributed by atoms with Gasteiger partial charge >= 0.3 is 12.0 Å². The highest BCUT2D eigenvalue weighted by Crippen LogP contribution is 2.34. The number of rotatable bonds is 7. The number of esters is 1. The number of thiazole rings is 1. The van der Waals surface area contributed by atoms with E-state index in [1.165, 1.54) is 23.1 Å². The second kappa shape index (κ2) is 9.42. The van der Waals surface area contributed by atoms with Gasteiger partial charge in [0.25, 0.3) is 0 Å². The number of fused-ring (bicyclic) bond motifs is 1. The first-order valence-corrected chi connectivity index (χ1v) is 10.1. The summed E-state index contributed by atoms with van der Waals surface area (Å²) in [5.74, 6) is 0.333. The van der Waals surface area contributed by atoms with Crippen LogP contribution in [0.4, 0.5) is 10.5 Å². The van der Waals surface area contributed by atoms with E-state index in [2.05, 4.69) is 15.6 Å². The van der Waals surface area contributed by atoms with Gasteiger partial charge in [-0.2, -0.15) is 0 Å². The Balaban J connectivity index is 1.42. The quantitative estimate of drug-likeness (QED) is 0.515. The standard InChI is InChI=1S/C17H17N3O6S2/c1-2-24-15(22)6-11-7-27-17(19-11)28-8-14(21)20-16(23)18-10-3-4-12-13(5-10)26-9-25-12/h3-5,7H,2,6,8-9H2,1H3,(H2,18,20,21,23). The first-order valence-electron chi connectivity index (χ1n) is 8.27. The number of nitrogens with one attached hydrogen (secondary N) is 2. The summed E-state index contributed by atoms with van der Waals surface area (Å²) in [6, 6.07) is 4.28. The lowest BCUT2D eigenvalue weighted by Gasteiger charge is -2.07. The topological polar surface area (TPSA) is 116 Å². The normalized spacial score (nSPS) is 11.8. The molecule has 0 unspecified atom stereocenters. The van der Waals surface area contributed by atoms with Crippen molar-refractivity contribution in [3.8, 4) is 11.5 Å². The number of anilines is 1. The van der Waals surface area contributed by atoms with E-state index in [0.717, 1.165) is 0 Å². The molecule has 9 nitrogen and oxygen atoms in total. The fourth-order valence-corrected chi connectivity index (χ4v) is 3.87. The predicted molar refractivity (Wildman–Crippen MR) is 103 cm³/mol. The maximum absolute atomic E-state index is 11.9.